The number of aromatic nitrogens is 3. The van der Waals surface area contributed by atoms with Gasteiger partial charge in [-0.2, -0.15) is 0 Å². The third kappa shape index (κ3) is 9.00. The highest BCUT2D eigenvalue weighted by Crippen LogP contribution is 2.44. The van der Waals surface area contributed by atoms with Gasteiger partial charge in [-0.25, -0.2) is 4.98 Å². The Morgan fingerprint density at radius 2 is 1.14 bits per heavy atom. The zero-order valence-electron chi connectivity index (χ0n) is 43.6. The Hall–Kier alpha value is -6.26. The summed E-state index contributed by atoms with van der Waals surface area (Å²) in [7, 11) is 0. The molecule has 0 atom stereocenters. The number of hydrogen-bond donors (Lipinski definition) is 1. The molecule has 4 nitrogen and oxygen atoms in total. The Balaban J connectivity index is 1.36. The summed E-state index contributed by atoms with van der Waals surface area (Å²) in [4.78, 5) is 10.5. The molecule has 6 aromatic carbocycles. The van der Waals surface area contributed by atoms with Gasteiger partial charge >= 0.3 is 0 Å². The van der Waals surface area contributed by atoms with Crippen molar-refractivity contribution in [2.45, 2.75) is 131 Å². The van der Waals surface area contributed by atoms with Crippen LogP contribution in [0.15, 0.2) is 134 Å². The SMILES string of the molecule is [2H]C(C)(C)c1cccc(C([2H])(C)C)c1-c1ccc(-n2c(-c3cc(C(C)C)cc(C(C)C)c3O)nc3c(-c4cc(-c5cc(-c6ccc(C(C)(C)C)cc6)ccn5)cc(C(C)(C)C)c4)cccc32)cc1. The average molecular weight is 874 g/mol. The van der Waals surface area contributed by atoms with E-state index in [1.165, 1.54) is 11.1 Å². The summed E-state index contributed by atoms with van der Waals surface area (Å²) in [5, 5.41) is 12.3. The Morgan fingerprint density at radius 1 is 0.530 bits per heavy atom. The van der Waals surface area contributed by atoms with Gasteiger partial charge in [-0.15, -0.1) is 0 Å². The molecule has 0 aliphatic rings. The molecule has 0 spiro atoms. The van der Waals surface area contributed by atoms with Crippen molar-refractivity contribution in [2.24, 2.45) is 0 Å². The van der Waals surface area contributed by atoms with Crippen LogP contribution in [0.4, 0.5) is 0 Å². The van der Waals surface area contributed by atoms with Crippen LogP contribution in [0, 0.1) is 0 Å². The van der Waals surface area contributed by atoms with E-state index in [9.17, 15) is 5.11 Å². The normalized spacial score (nSPS) is 13.2. The van der Waals surface area contributed by atoms with E-state index >= 15 is 0 Å². The van der Waals surface area contributed by atoms with Crippen LogP contribution in [0.25, 0.3) is 72.7 Å². The Kier molecular flexibility index (Phi) is 11.8. The highest BCUT2D eigenvalue weighted by molar-refractivity contribution is 5.97. The maximum absolute atomic E-state index is 12.3. The maximum atomic E-state index is 12.3. The quantitative estimate of drug-likeness (QED) is 0.149. The number of benzene rings is 6. The lowest BCUT2D eigenvalue weighted by Gasteiger charge is -2.22. The highest BCUT2D eigenvalue weighted by Gasteiger charge is 2.25. The predicted octanol–water partition coefficient (Wildman–Crippen LogP) is 17.5. The number of fused-ring (bicyclic) bond motifs is 1. The van der Waals surface area contributed by atoms with Crippen molar-refractivity contribution in [3.05, 3.63) is 167 Å². The number of phenolic OH excluding ortho intramolecular Hbond substituents is 1. The van der Waals surface area contributed by atoms with Gasteiger partial charge in [0, 0.05) is 25.8 Å². The summed E-state index contributed by atoms with van der Waals surface area (Å²) in [6.07, 6.45) is 1.91. The summed E-state index contributed by atoms with van der Waals surface area (Å²) in [6.45, 7) is 29.7. The number of imidazole rings is 1. The molecule has 2 aromatic heterocycles. The number of hydrogen-bond acceptors (Lipinski definition) is 3. The van der Waals surface area contributed by atoms with E-state index in [0.29, 0.717) is 11.4 Å². The lowest BCUT2D eigenvalue weighted by atomic mass is 9.83. The standard InChI is InChI=1S/C62H69N3O/c1-37(2)44-34-53(40(7)8)59(66)54(35-44)60-64-58-52(19-16-20-56(58)65(60)49-27-23-42(24-28-49)57-50(38(3)4)17-15-18-51(57)39(5)6)45-31-46(33-48(32-45)62(12,13)14)55-36-43(29-30-63-55)41-21-25-47(26-22-41)61(9,10)11/h15-40,66H,1-14H3/i38D,39D. The number of aromatic hydroxyl groups is 1. The van der Waals surface area contributed by atoms with Crippen molar-refractivity contribution in [3.63, 3.8) is 0 Å². The van der Waals surface area contributed by atoms with E-state index in [0.717, 1.165) is 83.6 Å². The lowest BCUT2D eigenvalue weighted by molar-refractivity contribution is 0.466. The monoisotopic (exact) mass is 874 g/mol. The first-order valence-electron chi connectivity index (χ1n) is 24.7. The number of phenols is 1. The second-order valence-electron chi connectivity index (χ2n) is 21.3. The molecule has 0 amide bonds. The van der Waals surface area contributed by atoms with E-state index in [1.807, 2.05) is 52.1 Å². The van der Waals surface area contributed by atoms with Gasteiger partial charge in [0.05, 0.1) is 22.3 Å². The van der Waals surface area contributed by atoms with Crippen molar-refractivity contribution in [1.82, 2.24) is 14.5 Å². The molecule has 1 N–H and O–H groups in total. The Bertz CT molecular complexity index is 3110. The summed E-state index contributed by atoms with van der Waals surface area (Å²) >= 11 is 0. The molecule has 0 radical (unpaired) electrons. The van der Waals surface area contributed by atoms with Crippen molar-refractivity contribution in [2.75, 3.05) is 0 Å². The molecule has 0 fully saturated rings. The summed E-state index contributed by atoms with van der Waals surface area (Å²) in [6, 6.07) is 45.1. The average Bonchev–Trinajstić information content (AvgIpc) is 3.67. The molecule has 4 heteroatoms. The van der Waals surface area contributed by atoms with E-state index in [4.69, 9.17) is 12.7 Å². The minimum absolute atomic E-state index is 0.0726. The van der Waals surface area contributed by atoms with Gasteiger partial charge in [0.15, 0.2) is 0 Å². The lowest BCUT2D eigenvalue weighted by Crippen LogP contribution is -2.11. The number of para-hydroxylation sites is 1. The van der Waals surface area contributed by atoms with Crippen molar-refractivity contribution < 1.29 is 7.85 Å². The van der Waals surface area contributed by atoms with Gasteiger partial charge in [-0.05, 0) is 144 Å². The smallest absolute Gasteiger partial charge is 0.149 e. The van der Waals surface area contributed by atoms with Gasteiger partial charge < -0.3 is 5.11 Å². The molecule has 0 aliphatic heterocycles. The minimum atomic E-state index is -0.881. The maximum Gasteiger partial charge on any atom is 0.149 e. The molecule has 0 unspecified atom stereocenters. The third-order valence-electron chi connectivity index (χ3n) is 13.2. The van der Waals surface area contributed by atoms with Crippen LogP contribution in [-0.4, -0.2) is 19.6 Å². The minimum Gasteiger partial charge on any atom is -0.507 e. The summed E-state index contributed by atoms with van der Waals surface area (Å²) in [5.41, 5.74) is 17.6. The van der Waals surface area contributed by atoms with Crippen LogP contribution in [0.5, 0.6) is 5.75 Å². The first kappa shape index (κ1) is 43.6. The van der Waals surface area contributed by atoms with Crippen molar-refractivity contribution in [1.29, 1.82) is 0 Å². The topological polar surface area (TPSA) is 50.9 Å². The summed E-state index contributed by atoms with van der Waals surface area (Å²) < 4.78 is 20.4. The zero-order valence-corrected chi connectivity index (χ0v) is 41.6. The van der Waals surface area contributed by atoms with E-state index in [-0.39, 0.29) is 28.4 Å². The van der Waals surface area contributed by atoms with Crippen LogP contribution in [0.3, 0.4) is 0 Å². The molecule has 0 saturated heterocycles. The van der Waals surface area contributed by atoms with Gasteiger partial charge in [-0.3, -0.25) is 9.55 Å². The fourth-order valence-electron chi connectivity index (χ4n) is 9.17. The molecule has 8 rings (SSSR count). The van der Waals surface area contributed by atoms with Gasteiger partial charge in [0.1, 0.15) is 11.6 Å². The third-order valence-corrected chi connectivity index (χ3v) is 13.2. The molecule has 338 valence electrons. The molecular formula is C62H69N3O. The van der Waals surface area contributed by atoms with Crippen molar-refractivity contribution >= 4 is 11.0 Å². The highest BCUT2D eigenvalue weighted by atomic mass is 16.3. The van der Waals surface area contributed by atoms with Crippen LogP contribution in [0.2, 0.25) is 0 Å². The second-order valence-corrected chi connectivity index (χ2v) is 21.3. The zero-order chi connectivity index (χ0) is 49.2. The fourth-order valence-corrected chi connectivity index (χ4v) is 9.17. The fraction of sp³-hybridized carbons (Fsp3) is 0.323. The number of nitrogens with zero attached hydrogens (tertiary/aromatic N) is 3. The molecule has 0 bridgehead atoms. The van der Waals surface area contributed by atoms with Gasteiger partial charge in [-0.1, -0.05) is 176 Å². The molecule has 0 saturated carbocycles. The first-order valence-corrected chi connectivity index (χ1v) is 23.7. The van der Waals surface area contributed by atoms with Crippen LogP contribution >= 0.6 is 0 Å². The Morgan fingerprint density at radius 3 is 1.73 bits per heavy atom. The van der Waals surface area contributed by atoms with Crippen molar-refractivity contribution in [3.8, 4) is 67.5 Å². The van der Waals surface area contributed by atoms with E-state index in [2.05, 4.69) is 183 Å². The molecule has 2 heterocycles. The predicted molar refractivity (Wildman–Crippen MR) is 281 cm³/mol. The Labute approximate surface area is 397 Å². The first-order chi connectivity index (χ1) is 31.8. The van der Waals surface area contributed by atoms with Gasteiger partial charge in [0.2, 0.25) is 0 Å². The van der Waals surface area contributed by atoms with E-state index < -0.39 is 11.8 Å². The van der Waals surface area contributed by atoms with E-state index in [1.54, 1.807) is 0 Å². The number of pyridine rings is 1. The molecule has 8 aromatic rings. The van der Waals surface area contributed by atoms with Gasteiger partial charge in [0.25, 0.3) is 0 Å². The summed E-state index contributed by atoms with van der Waals surface area (Å²) in [5.74, 6) is -0.553. The number of rotatable bonds is 10. The molecular weight excluding hydrogens is 803 g/mol. The van der Waals surface area contributed by atoms with Crippen LogP contribution in [0.1, 0.15) is 157 Å². The largest absolute Gasteiger partial charge is 0.507 e. The molecule has 0 aliphatic carbocycles. The molecule has 66 heavy (non-hydrogen) atoms. The second kappa shape index (κ2) is 17.9. The van der Waals surface area contributed by atoms with Crippen LogP contribution in [-0.2, 0) is 10.8 Å². The van der Waals surface area contributed by atoms with Crippen LogP contribution < -0.4 is 0 Å².